The van der Waals surface area contributed by atoms with Gasteiger partial charge in [0.2, 0.25) is 10.0 Å². The van der Waals surface area contributed by atoms with Gasteiger partial charge in [-0.1, -0.05) is 6.07 Å². The van der Waals surface area contributed by atoms with Crippen molar-refractivity contribution in [1.29, 1.82) is 0 Å². The molecule has 9 heteroatoms. The van der Waals surface area contributed by atoms with Crippen molar-refractivity contribution in [1.82, 2.24) is 9.62 Å². The fourth-order valence-corrected chi connectivity index (χ4v) is 5.12. The Morgan fingerprint density at radius 1 is 1.22 bits per heavy atom. The molecule has 1 aromatic carbocycles. The largest absolute Gasteiger partial charge is 0.497 e. The van der Waals surface area contributed by atoms with E-state index >= 15 is 0 Å². The highest BCUT2D eigenvalue weighted by Gasteiger charge is 2.27. The highest BCUT2D eigenvalue weighted by Crippen LogP contribution is 2.30. The molecule has 1 aliphatic heterocycles. The fourth-order valence-electron chi connectivity index (χ4n) is 3.04. The molecule has 1 atom stereocenters. The molecular formula is C18H24N2O5S2. The second kappa shape index (κ2) is 9.03. The van der Waals surface area contributed by atoms with Crippen LogP contribution < -0.4 is 14.2 Å². The van der Waals surface area contributed by atoms with E-state index in [-0.39, 0.29) is 23.2 Å². The van der Waals surface area contributed by atoms with E-state index in [0.29, 0.717) is 19.0 Å². The van der Waals surface area contributed by atoms with Gasteiger partial charge >= 0.3 is 0 Å². The predicted molar refractivity (Wildman–Crippen MR) is 104 cm³/mol. The van der Waals surface area contributed by atoms with Gasteiger partial charge in [-0.15, -0.1) is 11.3 Å². The Hall–Kier alpha value is -1.65. The molecule has 3 rings (SSSR count). The van der Waals surface area contributed by atoms with Crippen LogP contribution in [0.2, 0.25) is 0 Å². The number of ether oxygens (including phenoxy) is 3. The molecule has 0 aliphatic carbocycles. The smallest absolute Gasteiger partial charge is 0.244 e. The van der Waals surface area contributed by atoms with Gasteiger partial charge < -0.3 is 14.2 Å². The lowest BCUT2D eigenvalue weighted by atomic mass is 10.2. The van der Waals surface area contributed by atoms with E-state index in [2.05, 4.69) is 9.62 Å². The van der Waals surface area contributed by atoms with Crippen LogP contribution in [0.4, 0.5) is 0 Å². The molecule has 1 fully saturated rings. The summed E-state index contributed by atoms with van der Waals surface area (Å²) in [5, 5.41) is 2.00. The van der Waals surface area contributed by atoms with Crippen LogP contribution in [-0.4, -0.2) is 60.4 Å². The third kappa shape index (κ3) is 4.80. The fraction of sp³-hybridized carbons (Fsp3) is 0.444. The number of benzene rings is 1. The Bertz CT molecular complexity index is 833. The Kier molecular flexibility index (Phi) is 6.72. The van der Waals surface area contributed by atoms with E-state index in [9.17, 15) is 8.42 Å². The van der Waals surface area contributed by atoms with E-state index in [1.807, 2.05) is 17.5 Å². The number of thiophene rings is 1. The summed E-state index contributed by atoms with van der Waals surface area (Å²) in [6, 6.07) is 8.70. The lowest BCUT2D eigenvalue weighted by Gasteiger charge is -2.34. The molecular weight excluding hydrogens is 388 g/mol. The number of methoxy groups -OCH3 is 2. The van der Waals surface area contributed by atoms with Crippen LogP contribution in [0.3, 0.4) is 0 Å². The number of rotatable bonds is 8. The van der Waals surface area contributed by atoms with Crippen molar-refractivity contribution in [3.05, 3.63) is 40.6 Å². The quantitative estimate of drug-likeness (QED) is 0.716. The van der Waals surface area contributed by atoms with Crippen LogP contribution >= 0.6 is 11.3 Å². The van der Waals surface area contributed by atoms with Crippen LogP contribution in [-0.2, 0) is 14.8 Å². The van der Waals surface area contributed by atoms with Crippen LogP contribution in [0, 0.1) is 0 Å². The molecule has 0 amide bonds. The number of nitrogens with zero attached hydrogens (tertiary/aromatic N) is 1. The zero-order valence-corrected chi connectivity index (χ0v) is 17.0. The van der Waals surface area contributed by atoms with Crippen molar-refractivity contribution in [2.24, 2.45) is 0 Å². The Labute approximate surface area is 163 Å². The summed E-state index contributed by atoms with van der Waals surface area (Å²) in [6.45, 7) is 3.11. The summed E-state index contributed by atoms with van der Waals surface area (Å²) in [5.74, 6) is 0.738. The van der Waals surface area contributed by atoms with Crippen molar-refractivity contribution in [3.63, 3.8) is 0 Å². The maximum Gasteiger partial charge on any atom is 0.244 e. The Morgan fingerprint density at radius 2 is 2.00 bits per heavy atom. The number of hydrogen-bond donors (Lipinski definition) is 1. The molecule has 27 heavy (non-hydrogen) atoms. The van der Waals surface area contributed by atoms with Crippen molar-refractivity contribution in [2.75, 3.05) is 47.1 Å². The first-order chi connectivity index (χ1) is 13.0. The topological polar surface area (TPSA) is 77.1 Å². The van der Waals surface area contributed by atoms with E-state index in [1.165, 1.54) is 20.3 Å². The van der Waals surface area contributed by atoms with E-state index in [4.69, 9.17) is 14.2 Å². The van der Waals surface area contributed by atoms with Crippen molar-refractivity contribution in [2.45, 2.75) is 10.9 Å². The third-order valence-electron chi connectivity index (χ3n) is 4.49. The first kappa shape index (κ1) is 20.1. The van der Waals surface area contributed by atoms with Gasteiger partial charge in [0.15, 0.2) is 0 Å². The molecule has 0 radical (unpaired) electrons. The molecule has 2 heterocycles. The maximum atomic E-state index is 13.0. The monoisotopic (exact) mass is 412 g/mol. The highest BCUT2D eigenvalue weighted by atomic mass is 32.2. The summed E-state index contributed by atoms with van der Waals surface area (Å²) < 4.78 is 44.5. The first-order valence-electron chi connectivity index (χ1n) is 8.62. The van der Waals surface area contributed by atoms with Gasteiger partial charge in [0.05, 0.1) is 33.5 Å². The molecule has 1 aromatic heterocycles. The minimum Gasteiger partial charge on any atom is -0.497 e. The van der Waals surface area contributed by atoms with E-state index < -0.39 is 10.0 Å². The number of hydrogen-bond acceptors (Lipinski definition) is 7. The zero-order valence-electron chi connectivity index (χ0n) is 15.4. The van der Waals surface area contributed by atoms with Crippen molar-refractivity contribution < 1.29 is 22.6 Å². The second-order valence-electron chi connectivity index (χ2n) is 6.05. The summed E-state index contributed by atoms with van der Waals surface area (Å²) in [6.07, 6.45) is 0. The molecule has 1 aliphatic rings. The standard InChI is InChI=1S/C18H24N2O5S2/c1-23-14-5-6-16(24-2)18(12-14)27(21,22)19-13-15(17-4-3-11-26-17)20-7-9-25-10-8-20/h3-6,11-12,15,19H,7-10,13H2,1-2H3. The Balaban J connectivity index is 1.82. The van der Waals surface area contributed by atoms with Crippen LogP contribution in [0.25, 0.3) is 0 Å². The van der Waals surface area contributed by atoms with Gasteiger partial charge in [-0.25, -0.2) is 13.1 Å². The predicted octanol–water partition coefficient (Wildman–Crippen LogP) is 2.12. The molecule has 1 saturated heterocycles. The number of sulfonamides is 1. The molecule has 1 unspecified atom stereocenters. The molecule has 2 aromatic rings. The molecule has 148 valence electrons. The number of morpholine rings is 1. The van der Waals surface area contributed by atoms with Gasteiger partial charge in [0.25, 0.3) is 0 Å². The highest BCUT2D eigenvalue weighted by molar-refractivity contribution is 7.89. The van der Waals surface area contributed by atoms with Gasteiger partial charge in [-0.2, -0.15) is 0 Å². The summed E-state index contributed by atoms with van der Waals surface area (Å²) in [5.41, 5.74) is 0. The zero-order chi connectivity index (χ0) is 19.3. The van der Waals surface area contributed by atoms with Gasteiger partial charge in [-0.3, -0.25) is 4.90 Å². The molecule has 7 nitrogen and oxygen atoms in total. The summed E-state index contributed by atoms with van der Waals surface area (Å²) >= 11 is 1.62. The lowest BCUT2D eigenvalue weighted by Crippen LogP contribution is -2.43. The second-order valence-corrected chi connectivity index (χ2v) is 8.76. The van der Waals surface area contributed by atoms with Crippen molar-refractivity contribution in [3.8, 4) is 11.5 Å². The third-order valence-corrected chi connectivity index (χ3v) is 6.90. The molecule has 0 bridgehead atoms. The molecule has 0 saturated carbocycles. The lowest BCUT2D eigenvalue weighted by molar-refractivity contribution is 0.0179. The molecule has 0 spiro atoms. The minimum atomic E-state index is -3.77. The Morgan fingerprint density at radius 3 is 2.63 bits per heavy atom. The van der Waals surface area contributed by atoms with Crippen LogP contribution in [0.1, 0.15) is 10.9 Å². The summed E-state index contributed by atoms with van der Waals surface area (Å²) in [4.78, 5) is 3.44. The normalized spacial score (nSPS) is 16.8. The van der Waals surface area contributed by atoms with Crippen LogP contribution in [0.15, 0.2) is 40.6 Å². The van der Waals surface area contributed by atoms with E-state index in [0.717, 1.165) is 18.0 Å². The average molecular weight is 413 g/mol. The van der Waals surface area contributed by atoms with Gasteiger partial charge in [0.1, 0.15) is 16.4 Å². The molecule has 1 N–H and O–H groups in total. The summed E-state index contributed by atoms with van der Waals surface area (Å²) in [7, 11) is -0.824. The van der Waals surface area contributed by atoms with Gasteiger partial charge in [0, 0.05) is 30.6 Å². The van der Waals surface area contributed by atoms with Crippen LogP contribution in [0.5, 0.6) is 11.5 Å². The number of nitrogens with one attached hydrogen (secondary N) is 1. The van der Waals surface area contributed by atoms with E-state index in [1.54, 1.807) is 23.5 Å². The maximum absolute atomic E-state index is 13.0. The average Bonchev–Trinajstić information content (AvgIpc) is 3.23. The minimum absolute atomic E-state index is 0.0414. The van der Waals surface area contributed by atoms with Crippen molar-refractivity contribution >= 4 is 21.4 Å². The van der Waals surface area contributed by atoms with Gasteiger partial charge in [-0.05, 0) is 23.6 Å². The first-order valence-corrected chi connectivity index (χ1v) is 11.0. The SMILES string of the molecule is COc1ccc(OC)c(S(=O)(=O)NCC(c2cccs2)N2CCOCC2)c1.